The second-order valence-electron chi connectivity index (χ2n) is 8.44. The van der Waals surface area contributed by atoms with E-state index in [2.05, 4.69) is 27.4 Å². The second-order valence-corrected chi connectivity index (χ2v) is 10.5. The molecule has 7 heteroatoms. The van der Waals surface area contributed by atoms with Gasteiger partial charge in [0.1, 0.15) is 0 Å². The van der Waals surface area contributed by atoms with Crippen molar-refractivity contribution in [3.8, 4) is 0 Å². The first-order chi connectivity index (χ1) is 14.2. The molecule has 0 saturated heterocycles. The molecule has 30 heavy (non-hydrogen) atoms. The van der Waals surface area contributed by atoms with Crippen LogP contribution in [0, 0.1) is 5.92 Å². The molecule has 1 aromatic rings. The standard InChI is InChI=1S/C23H41N3O3S/c1-6-8-9-10-11-12-17-30(28,29)26(15-7-2)20-23(27)25(18-21(3)4)19-22-14-13-16-24(22)5/h7,13-14,16,21H,2,6,8-12,15,17-20H2,1,3-5H3. The SMILES string of the molecule is C=CCN(CC(=O)N(Cc1cccn1C)CC(C)C)S(=O)(=O)CCCCCCCC. The molecule has 0 aliphatic carbocycles. The Kier molecular flexibility index (Phi) is 12.0. The van der Waals surface area contributed by atoms with Crippen LogP contribution in [-0.2, 0) is 28.4 Å². The lowest BCUT2D eigenvalue weighted by Gasteiger charge is -2.28. The van der Waals surface area contributed by atoms with Gasteiger partial charge >= 0.3 is 0 Å². The predicted octanol–water partition coefficient (Wildman–Crippen LogP) is 4.19. The third-order valence-corrected chi connectivity index (χ3v) is 7.01. The van der Waals surface area contributed by atoms with Crippen molar-refractivity contribution in [3.05, 3.63) is 36.7 Å². The summed E-state index contributed by atoms with van der Waals surface area (Å²) in [5.41, 5.74) is 1.02. The van der Waals surface area contributed by atoms with E-state index in [4.69, 9.17) is 0 Å². The third kappa shape index (κ3) is 9.47. The van der Waals surface area contributed by atoms with E-state index in [9.17, 15) is 13.2 Å². The van der Waals surface area contributed by atoms with Crippen LogP contribution in [0.5, 0.6) is 0 Å². The number of aromatic nitrogens is 1. The highest BCUT2D eigenvalue weighted by Gasteiger charge is 2.26. The summed E-state index contributed by atoms with van der Waals surface area (Å²) in [5, 5.41) is 0. The fraction of sp³-hybridized carbons (Fsp3) is 0.696. The summed E-state index contributed by atoms with van der Waals surface area (Å²) in [6.07, 6.45) is 9.60. The van der Waals surface area contributed by atoms with Crippen molar-refractivity contribution >= 4 is 15.9 Å². The predicted molar refractivity (Wildman–Crippen MR) is 125 cm³/mol. The van der Waals surface area contributed by atoms with Crippen molar-refractivity contribution in [2.75, 3.05) is 25.4 Å². The fourth-order valence-electron chi connectivity index (χ4n) is 3.42. The highest BCUT2D eigenvalue weighted by atomic mass is 32.2. The van der Waals surface area contributed by atoms with Crippen LogP contribution in [0.3, 0.4) is 0 Å². The van der Waals surface area contributed by atoms with E-state index < -0.39 is 10.0 Å². The van der Waals surface area contributed by atoms with Gasteiger partial charge < -0.3 is 9.47 Å². The lowest BCUT2D eigenvalue weighted by molar-refractivity contribution is -0.132. The Hall–Kier alpha value is -1.60. The molecule has 0 radical (unpaired) electrons. The van der Waals surface area contributed by atoms with Crippen molar-refractivity contribution in [3.63, 3.8) is 0 Å². The number of hydrogen-bond donors (Lipinski definition) is 0. The first kappa shape index (κ1) is 26.4. The molecule has 1 aromatic heterocycles. The maximum atomic E-state index is 13.1. The third-order valence-electron chi connectivity index (χ3n) is 5.14. The van der Waals surface area contributed by atoms with Crippen LogP contribution in [0.4, 0.5) is 0 Å². The van der Waals surface area contributed by atoms with Crippen molar-refractivity contribution in [2.45, 2.75) is 65.8 Å². The molecule has 0 aliphatic rings. The summed E-state index contributed by atoms with van der Waals surface area (Å²) in [7, 11) is -1.55. The number of hydrogen-bond acceptors (Lipinski definition) is 3. The fourth-order valence-corrected chi connectivity index (χ4v) is 4.88. The van der Waals surface area contributed by atoms with Crippen molar-refractivity contribution in [2.24, 2.45) is 13.0 Å². The summed E-state index contributed by atoms with van der Waals surface area (Å²) in [5.74, 6) is 0.211. The van der Waals surface area contributed by atoms with Gasteiger partial charge in [0.25, 0.3) is 0 Å². The summed E-state index contributed by atoms with van der Waals surface area (Å²) in [6, 6.07) is 3.93. The second kappa shape index (κ2) is 13.7. The molecule has 1 heterocycles. The monoisotopic (exact) mass is 439 g/mol. The van der Waals surface area contributed by atoms with Crippen LogP contribution in [0.2, 0.25) is 0 Å². The van der Waals surface area contributed by atoms with E-state index in [0.29, 0.717) is 25.4 Å². The van der Waals surface area contributed by atoms with Crippen LogP contribution >= 0.6 is 0 Å². The maximum Gasteiger partial charge on any atom is 0.238 e. The minimum Gasteiger partial charge on any atom is -0.353 e. The Labute approximate surface area is 184 Å². The van der Waals surface area contributed by atoms with Gasteiger partial charge in [-0.3, -0.25) is 4.79 Å². The molecule has 0 aliphatic heterocycles. The van der Waals surface area contributed by atoms with Crippen molar-refractivity contribution < 1.29 is 13.2 Å². The molecule has 0 bridgehead atoms. The van der Waals surface area contributed by atoms with Crippen LogP contribution < -0.4 is 0 Å². The Morgan fingerprint density at radius 2 is 1.87 bits per heavy atom. The quantitative estimate of drug-likeness (QED) is 0.287. The van der Waals surface area contributed by atoms with Gasteiger partial charge in [0.15, 0.2) is 0 Å². The number of carbonyl (C=O) groups excluding carboxylic acids is 1. The molecule has 0 aromatic carbocycles. The Bertz CT molecular complexity index is 741. The highest BCUT2D eigenvalue weighted by molar-refractivity contribution is 7.89. The molecule has 1 amide bonds. The van der Waals surface area contributed by atoms with E-state index in [1.54, 1.807) is 11.0 Å². The molecule has 0 saturated carbocycles. The first-order valence-corrected chi connectivity index (χ1v) is 12.8. The molecular weight excluding hydrogens is 398 g/mol. The van der Waals surface area contributed by atoms with Crippen molar-refractivity contribution in [1.29, 1.82) is 0 Å². The number of aryl methyl sites for hydroxylation is 1. The minimum absolute atomic E-state index is 0.0856. The largest absolute Gasteiger partial charge is 0.353 e. The van der Waals surface area contributed by atoms with Gasteiger partial charge in [0.05, 0.1) is 18.8 Å². The lowest BCUT2D eigenvalue weighted by atomic mass is 10.1. The van der Waals surface area contributed by atoms with Gasteiger partial charge in [0, 0.05) is 32.0 Å². The van der Waals surface area contributed by atoms with Gasteiger partial charge in [-0.2, -0.15) is 4.31 Å². The van der Waals surface area contributed by atoms with Crippen molar-refractivity contribution in [1.82, 2.24) is 13.8 Å². The van der Waals surface area contributed by atoms with Gasteiger partial charge in [-0.1, -0.05) is 59.0 Å². The summed E-state index contributed by atoms with van der Waals surface area (Å²) < 4.78 is 29.0. The zero-order valence-corrected chi connectivity index (χ0v) is 20.2. The van der Waals surface area contributed by atoms with Crippen LogP contribution in [0.15, 0.2) is 31.0 Å². The Balaban J connectivity index is 2.77. The van der Waals surface area contributed by atoms with Gasteiger partial charge in [-0.25, -0.2) is 8.42 Å². The number of rotatable bonds is 16. The minimum atomic E-state index is -3.50. The average molecular weight is 440 g/mol. The summed E-state index contributed by atoms with van der Waals surface area (Å²) >= 11 is 0. The Morgan fingerprint density at radius 1 is 1.20 bits per heavy atom. The topological polar surface area (TPSA) is 62.6 Å². The summed E-state index contributed by atoms with van der Waals surface area (Å²) in [6.45, 7) is 11.0. The van der Waals surface area contributed by atoms with Gasteiger partial charge in [-0.15, -0.1) is 6.58 Å². The normalized spacial score (nSPS) is 11.9. The molecular formula is C23H41N3O3S. The van der Waals surface area contributed by atoms with E-state index >= 15 is 0 Å². The molecule has 1 rings (SSSR count). The zero-order valence-electron chi connectivity index (χ0n) is 19.3. The number of amides is 1. The highest BCUT2D eigenvalue weighted by Crippen LogP contribution is 2.13. The molecule has 172 valence electrons. The van der Waals surface area contributed by atoms with Gasteiger partial charge in [0.2, 0.25) is 15.9 Å². The molecule has 0 fully saturated rings. The van der Waals surface area contributed by atoms with E-state index in [1.165, 1.54) is 17.1 Å². The number of unbranched alkanes of at least 4 members (excludes halogenated alkanes) is 5. The number of carbonyl (C=O) groups is 1. The van der Waals surface area contributed by atoms with E-state index in [0.717, 1.165) is 25.0 Å². The van der Waals surface area contributed by atoms with Crippen LogP contribution in [0.1, 0.15) is 65.0 Å². The molecule has 0 N–H and O–H groups in total. The van der Waals surface area contributed by atoms with Crippen LogP contribution in [0.25, 0.3) is 0 Å². The molecule has 6 nitrogen and oxygen atoms in total. The first-order valence-electron chi connectivity index (χ1n) is 11.2. The van der Waals surface area contributed by atoms with Gasteiger partial charge in [-0.05, 0) is 24.5 Å². The smallest absolute Gasteiger partial charge is 0.238 e. The molecule has 0 unspecified atom stereocenters. The molecule has 0 spiro atoms. The molecule has 0 atom stereocenters. The zero-order chi connectivity index (χ0) is 22.6. The van der Waals surface area contributed by atoms with Crippen LogP contribution in [-0.4, -0.2) is 53.5 Å². The number of sulfonamides is 1. The average Bonchev–Trinajstić information content (AvgIpc) is 3.07. The maximum absolute atomic E-state index is 13.1. The Morgan fingerprint density at radius 3 is 2.43 bits per heavy atom. The lowest BCUT2D eigenvalue weighted by Crippen LogP contribution is -2.44. The van der Waals surface area contributed by atoms with E-state index in [1.807, 2.05) is 29.9 Å². The summed E-state index contributed by atoms with van der Waals surface area (Å²) in [4.78, 5) is 14.8. The number of nitrogens with zero attached hydrogens (tertiary/aromatic N) is 3. The van der Waals surface area contributed by atoms with E-state index in [-0.39, 0.29) is 24.7 Å².